The zero-order chi connectivity index (χ0) is 8.43. The molecule has 0 aliphatic carbocycles. The first kappa shape index (κ1) is 8.89. The summed E-state index contributed by atoms with van der Waals surface area (Å²) in [4.78, 5) is 0. The second-order valence-electron chi connectivity index (χ2n) is 2.44. The van der Waals surface area contributed by atoms with Gasteiger partial charge in [-0.05, 0) is 0 Å². The van der Waals surface area contributed by atoms with Gasteiger partial charge >= 0.3 is 0 Å². The SMILES string of the molecule is CO[C@H]1O[C@H](CO)[C@H](O)[C@H]1O. The molecule has 1 fully saturated rings. The van der Waals surface area contributed by atoms with Gasteiger partial charge in [0.2, 0.25) is 0 Å². The van der Waals surface area contributed by atoms with Gasteiger partial charge < -0.3 is 24.8 Å². The first-order chi connectivity index (χ1) is 5.20. The lowest BCUT2D eigenvalue weighted by Crippen LogP contribution is -2.34. The Kier molecular flexibility index (Phi) is 2.80. The quantitative estimate of drug-likeness (QED) is 0.443. The number of hydrogen-bond donors (Lipinski definition) is 3. The van der Waals surface area contributed by atoms with Gasteiger partial charge in [0.1, 0.15) is 18.3 Å². The number of rotatable bonds is 2. The predicted molar refractivity (Wildman–Crippen MR) is 34.8 cm³/mol. The normalized spacial score (nSPS) is 44.7. The summed E-state index contributed by atoms with van der Waals surface area (Å²) in [6.07, 6.45) is -3.71. The second kappa shape index (κ2) is 3.46. The highest BCUT2D eigenvalue weighted by atomic mass is 16.7. The van der Waals surface area contributed by atoms with Gasteiger partial charge in [0.25, 0.3) is 0 Å². The second-order valence-corrected chi connectivity index (χ2v) is 2.44. The van der Waals surface area contributed by atoms with E-state index in [9.17, 15) is 0 Å². The minimum atomic E-state index is -1.07. The van der Waals surface area contributed by atoms with Crippen LogP contribution in [0.5, 0.6) is 0 Å². The topological polar surface area (TPSA) is 79.2 Å². The Morgan fingerprint density at radius 2 is 2.00 bits per heavy atom. The fourth-order valence-corrected chi connectivity index (χ4v) is 1.06. The molecule has 0 radical (unpaired) electrons. The van der Waals surface area contributed by atoms with E-state index >= 15 is 0 Å². The summed E-state index contributed by atoms with van der Waals surface area (Å²) < 4.78 is 9.59. The fourth-order valence-electron chi connectivity index (χ4n) is 1.06. The molecule has 5 nitrogen and oxygen atoms in total. The summed E-state index contributed by atoms with van der Waals surface area (Å²) in [7, 11) is 1.36. The van der Waals surface area contributed by atoms with E-state index in [1.807, 2.05) is 0 Å². The molecule has 1 aliphatic rings. The summed E-state index contributed by atoms with van der Waals surface area (Å²) >= 11 is 0. The minimum absolute atomic E-state index is 0.321. The van der Waals surface area contributed by atoms with Crippen LogP contribution in [0.1, 0.15) is 0 Å². The highest BCUT2D eigenvalue weighted by molar-refractivity contribution is 4.85. The molecule has 1 saturated heterocycles. The summed E-state index contributed by atoms with van der Waals surface area (Å²) in [5, 5.41) is 26.9. The standard InChI is InChI=1S/C6H12O5/c1-10-6-5(9)4(8)3(2-7)11-6/h3-9H,2H2,1H3/t3-,4+,5-,6+/m1/s1. The number of aliphatic hydroxyl groups is 3. The van der Waals surface area contributed by atoms with Gasteiger partial charge in [-0.2, -0.15) is 0 Å². The van der Waals surface area contributed by atoms with Crippen molar-refractivity contribution in [2.24, 2.45) is 0 Å². The van der Waals surface area contributed by atoms with Crippen molar-refractivity contribution in [1.82, 2.24) is 0 Å². The molecule has 4 atom stereocenters. The average molecular weight is 164 g/mol. The van der Waals surface area contributed by atoms with Crippen LogP contribution in [0, 0.1) is 0 Å². The van der Waals surface area contributed by atoms with Gasteiger partial charge in [0.15, 0.2) is 6.29 Å². The van der Waals surface area contributed by atoms with Crippen LogP contribution in [-0.4, -0.2) is 53.6 Å². The third-order valence-corrected chi connectivity index (χ3v) is 1.73. The van der Waals surface area contributed by atoms with Crippen molar-refractivity contribution in [2.45, 2.75) is 24.6 Å². The molecule has 66 valence electrons. The van der Waals surface area contributed by atoms with Crippen molar-refractivity contribution in [3.8, 4) is 0 Å². The van der Waals surface area contributed by atoms with Crippen LogP contribution >= 0.6 is 0 Å². The van der Waals surface area contributed by atoms with Gasteiger partial charge in [-0.25, -0.2) is 0 Å². The Balaban J connectivity index is 2.53. The summed E-state index contributed by atoms with van der Waals surface area (Å²) in [6.45, 7) is -0.321. The van der Waals surface area contributed by atoms with Gasteiger partial charge in [0.05, 0.1) is 6.61 Å². The summed E-state index contributed by atoms with van der Waals surface area (Å²) in [5.74, 6) is 0. The van der Waals surface area contributed by atoms with E-state index in [1.54, 1.807) is 0 Å². The molecular weight excluding hydrogens is 152 g/mol. The molecule has 0 aromatic heterocycles. The van der Waals surface area contributed by atoms with E-state index in [2.05, 4.69) is 4.74 Å². The molecule has 11 heavy (non-hydrogen) atoms. The molecule has 0 spiro atoms. The third kappa shape index (κ3) is 1.52. The Morgan fingerprint density at radius 1 is 1.36 bits per heavy atom. The Hall–Kier alpha value is -0.200. The monoisotopic (exact) mass is 164 g/mol. The van der Waals surface area contributed by atoms with Crippen LogP contribution in [0.4, 0.5) is 0 Å². The molecule has 0 unspecified atom stereocenters. The molecule has 3 N–H and O–H groups in total. The third-order valence-electron chi connectivity index (χ3n) is 1.73. The number of ether oxygens (including phenoxy) is 2. The van der Waals surface area contributed by atoms with Crippen LogP contribution in [0.25, 0.3) is 0 Å². The van der Waals surface area contributed by atoms with Crippen LogP contribution in [0.2, 0.25) is 0 Å². The van der Waals surface area contributed by atoms with Crippen LogP contribution in [0.15, 0.2) is 0 Å². The van der Waals surface area contributed by atoms with E-state index in [4.69, 9.17) is 20.1 Å². The van der Waals surface area contributed by atoms with Crippen molar-refractivity contribution in [3.05, 3.63) is 0 Å². The van der Waals surface area contributed by atoms with E-state index < -0.39 is 24.6 Å². The van der Waals surface area contributed by atoms with Crippen molar-refractivity contribution < 1.29 is 24.8 Å². The van der Waals surface area contributed by atoms with Gasteiger partial charge in [0, 0.05) is 7.11 Å². The summed E-state index contributed by atoms with van der Waals surface area (Å²) in [5.41, 5.74) is 0. The van der Waals surface area contributed by atoms with E-state index in [-0.39, 0.29) is 6.61 Å². The Bertz CT molecular complexity index is 110. The first-order valence-corrected chi connectivity index (χ1v) is 3.36. The van der Waals surface area contributed by atoms with E-state index in [1.165, 1.54) is 7.11 Å². The molecule has 1 aliphatic heterocycles. The average Bonchev–Trinajstić information content (AvgIpc) is 2.30. The lowest BCUT2D eigenvalue weighted by molar-refractivity contribution is -0.153. The highest BCUT2D eigenvalue weighted by Crippen LogP contribution is 2.20. The molecular formula is C6H12O5. The van der Waals surface area contributed by atoms with Gasteiger partial charge in [-0.15, -0.1) is 0 Å². The number of hydrogen-bond acceptors (Lipinski definition) is 5. The maximum absolute atomic E-state index is 9.15. The molecule has 0 amide bonds. The lowest BCUT2D eigenvalue weighted by Gasteiger charge is -2.11. The molecule has 0 aromatic carbocycles. The Morgan fingerprint density at radius 3 is 2.27 bits per heavy atom. The van der Waals surface area contributed by atoms with Crippen molar-refractivity contribution >= 4 is 0 Å². The van der Waals surface area contributed by atoms with Crippen molar-refractivity contribution in [3.63, 3.8) is 0 Å². The Labute approximate surface area is 64.2 Å². The van der Waals surface area contributed by atoms with Gasteiger partial charge in [-0.3, -0.25) is 0 Å². The minimum Gasteiger partial charge on any atom is -0.394 e. The largest absolute Gasteiger partial charge is 0.394 e. The maximum Gasteiger partial charge on any atom is 0.186 e. The fraction of sp³-hybridized carbons (Fsp3) is 1.00. The first-order valence-electron chi connectivity index (χ1n) is 3.36. The van der Waals surface area contributed by atoms with Crippen LogP contribution in [-0.2, 0) is 9.47 Å². The maximum atomic E-state index is 9.15. The summed E-state index contributed by atoms with van der Waals surface area (Å²) in [6, 6.07) is 0. The van der Waals surface area contributed by atoms with E-state index in [0.29, 0.717) is 0 Å². The molecule has 1 rings (SSSR count). The lowest BCUT2D eigenvalue weighted by atomic mass is 10.1. The van der Waals surface area contributed by atoms with Crippen molar-refractivity contribution in [1.29, 1.82) is 0 Å². The van der Waals surface area contributed by atoms with Crippen LogP contribution in [0.3, 0.4) is 0 Å². The molecule has 5 heteroatoms. The molecule has 0 aromatic rings. The van der Waals surface area contributed by atoms with E-state index in [0.717, 1.165) is 0 Å². The zero-order valence-electron chi connectivity index (χ0n) is 6.17. The predicted octanol–water partition coefficient (Wildman–Crippen LogP) is -1.93. The smallest absolute Gasteiger partial charge is 0.186 e. The van der Waals surface area contributed by atoms with Crippen LogP contribution < -0.4 is 0 Å². The number of methoxy groups -OCH3 is 1. The van der Waals surface area contributed by atoms with Crippen molar-refractivity contribution in [2.75, 3.05) is 13.7 Å². The zero-order valence-corrected chi connectivity index (χ0v) is 6.17. The highest BCUT2D eigenvalue weighted by Gasteiger charge is 2.42. The molecule has 0 saturated carbocycles. The molecule has 1 heterocycles. The van der Waals surface area contributed by atoms with Gasteiger partial charge in [-0.1, -0.05) is 0 Å². The number of aliphatic hydroxyl groups excluding tert-OH is 3. The molecule has 0 bridgehead atoms.